The average molecular weight is 580 g/mol. The Morgan fingerprint density at radius 3 is 2.67 bits per heavy atom. The SMILES string of the molecule is N[C@@H]1C[C@H]2C(=O)N([C@H](CCC(=O)O)C(=O)NCc3cc(Cl)c(Cl)c[n+]3O)CCC(CCc3ccccc3)N2C1. The van der Waals surface area contributed by atoms with E-state index in [0.717, 1.165) is 17.6 Å². The number of nitrogens with one attached hydrogen (secondary N) is 1. The van der Waals surface area contributed by atoms with Crippen LogP contribution in [-0.2, 0) is 27.3 Å². The summed E-state index contributed by atoms with van der Waals surface area (Å²) in [5, 5.41) is 22.5. The molecule has 2 aliphatic rings. The van der Waals surface area contributed by atoms with Crippen molar-refractivity contribution >= 4 is 41.0 Å². The molecule has 2 amide bonds. The second-order valence-corrected chi connectivity index (χ2v) is 11.0. The Kier molecular flexibility index (Phi) is 9.66. The molecule has 0 aliphatic carbocycles. The van der Waals surface area contributed by atoms with E-state index >= 15 is 0 Å². The van der Waals surface area contributed by atoms with Gasteiger partial charge in [-0.05, 0) is 37.7 Å². The molecule has 2 aliphatic heterocycles. The second-order valence-electron chi connectivity index (χ2n) is 10.2. The van der Waals surface area contributed by atoms with Crippen molar-refractivity contribution in [2.45, 2.75) is 69.2 Å². The number of rotatable bonds is 10. The van der Waals surface area contributed by atoms with Crippen molar-refractivity contribution in [1.82, 2.24) is 15.1 Å². The minimum absolute atomic E-state index is 0.0408. The monoisotopic (exact) mass is 578 g/mol. The first-order chi connectivity index (χ1) is 18.6. The van der Waals surface area contributed by atoms with Gasteiger partial charge in [-0.1, -0.05) is 53.5 Å². The number of amides is 2. The van der Waals surface area contributed by atoms with E-state index in [1.165, 1.54) is 22.7 Å². The zero-order valence-corrected chi connectivity index (χ0v) is 23.0. The van der Waals surface area contributed by atoms with Gasteiger partial charge in [0.05, 0.1) is 11.1 Å². The summed E-state index contributed by atoms with van der Waals surface area (Å²) in [5.41, 5.74) is 7.77. The van der Waals surface area contributed by atoms with Crippen LogP contribution in [0.3, 0.4) is 0 Å². The molecule has 1 aromatic heterocycles. The van der Waals surface area contributed by atoms with Gasteiger partial charge in [-0.25, -0.2) is 0 Å². The molecule has 39 heavy (non-hydrogen) atoms. The zero-order valence-electron chi connectivity index (χ0n) is 21.5. The Hall–Kier alpha value is -2.92. The molecule has 4 atom stereocenters. The molecular formula is C27H34Cl2N5O5+. The topological polar surface area (TPSA) is 140 Å². The summed E-state index contributed by atoms with van der Waals surface area (Å²) in [6.45, 7) is 0.826. The van der Waals surface area contributed by atoms with Crippen LogP contribution in [0.15, 0.2) is 42.6 Å². The maximum absolute atomic E-state index is 13.8. The van der Waals surface area contributed by atoms with E-state index in [1.54, 1.807) is 0 Å². The average Bonchev–Trinajstić information content (AvgIpc) is 3.24. The quantitative estimate of drug-likeness (QED) is 0.249. The number of carboxylic acid groups (broad SMARTS) is 1. The molecule has 2 fully saturated rings. The summed E-state index contributed by atoms with van der Waals surface area (Å²) < 4.78 is 0.757. The smallest absolute Gasteiger partial charge is 0.303 e. The van der Waals surface area contributed by atoms with E-state index in [0.29, 0.717) is 25.9 Å². The number of aliphatic carboxylic acids is 1. The molecule has 0 bridgehead atoms. The number of carbonyl (C=O) groups excluding carboxylic acids is 2. The lowest BCUT2D eigenvalue weighted by molar-refractivity contribution is -0.909. The van der Waals surface area contributed by atoms with Gasteiger partial charge in [0.25, 0.3) is 5.69 Å². The van der Waals surface area contributed by atoms with Crippen LogP contribution in [0.25, 0.3) is 0 Å². The van der Waals surface area contributed by atoms with Crippen LogP contribution >= 0.6 is 23.2 Å². The first-order valence-electron chi connectivity index (χ1n) is 13.1. The third kappa shape index (κ3) is 7.19. The number of fused-ring (bicyclic) bond motifs is 1. The molecule has 12 heteroatoms. The van der Waals surface area contributed by atoms with Crippen molar-refractivity contribution < 1.29 is 29.4 Å². The number of nitrogens with zero attached hydrogens (tertiary/aromatic N) is 3. The minimum atomic E-state index is -1.06. The lowest BCUT2D eigenvalue weighted by Gasteiger charge is -2.32. The number of hydrogen-bond donors (Lipinski definition) is 4. The summed E-state index contributed by atoms with van der Waals surface area (Å²) >= 11 is 12.0. The van der Waals surface area contributed by atoms with Gasteiger partial charge in [-0.15, -0.1) is 0 Å². The van der Waals surface area contributed by atoms with E-state index in [1.807, 2.05) is 18.2 Å². The highest BCUT2D eigenvalue weighted by Crippen LogP contribution is 2.30. The van der Waals surface area contributed by atoms with Crippen molar-refractivity contribution in [3.63, 3.8) is 0 Å². The van der Waals surface area contributed by atoms with Crippen molar-refractivity contribution in [1.29, 1.82) is 0 Å². The number of benzene rings is 1. The molecule has 0 radical (unpaired) electrons. The van der Waals surface area contributed by atoms with Crippen molar-refractivity contribution in [2.24, 2.45) is 5.73 Å². The number of aryl methyl sites for hydroxylation is 1. The molecule has 3 heterocycles. The van der Waals surface area contributed by atoms with Gasteiger partial charge in [-0.3, -0.25) is 24.5 Å². The molecule has 1 aromatic carbocycles. The third-order valence-electron chi connectivity index (χ3n) is 7.53. The Labute approximate surface area is 237 Å². The van der Waals surface area contributed by atoms with E-state index < -0.39 is 24.0 Å². The summed E-state index contributed by atoms with van der Waals surface area (Å²) in [6.07, 6.45) is 3.71. The Morgan fingerprint density at radius 2 is 1.95 bits per heavy atom. The van der Waals surface area contributed by atoms with Gasteiger partial charge in [0.1, 0.15) is 17.6 Å². The largest absolute Gasteiger partial charge is 0.481 e. The Bertz CT molecular complexity index is 1200. The van der Waals surface area contributed by atoms with Crippen molar-refractivity contribution in [2.75, 3.05) is 13.1 Å². The van der Waals surface area contributed by atoms with Gasteiger partial charge < -0.3 is 21.1 Å². The minimum Gasteiger partial charge on any atom is -0.481 e. The Balaban J connectivity index is 1.52. The molecular weight excluding hydrogens is 545 g/mol. The molecule has 210 valence electrons. The van der Waals surface area contributed by atoms with Gasteiger partial charge in [0, 0.05) is 42.4 Å². The fraction of sp³-hybridized carbons (Fsp3) is 0.481. The van der Waals surface area contributed by atoms with E-state index in [-0.39, 0.29) is 53.1 Å². The van der Waals surface area contributed by atoms with E-state index in [2.05, 4.69) is 22.3 Å². The van der Waals surface area contributed by atoms with Crippen molar-refractivity contribution in [3.8, 4) is 0 Å². The first-order valence-corrected chi connectivity index (χ1v) is 13.8. The highest BCUT2D eigenvalue weighted by molar-refractivity contribution is 6.41. The number of hydrogen-bond acceptors (Lipinski definition) is 6. The van der Waals surface area contributed by atoms with Crippen LogP contribution < -0.4 is 15.8 Å². The summed E-state index contributed by atoms with van der Waals surface area (Å²) in [7, 11) is 0. The highest BCUT2D eigenvalue weighted by Gasteiger charge is 2.45. The van der Waals surface area contributed by atoms with Crippen LogP contribution in [0.2, 0.25) is 10.0 Å². The number of pyridine rings is 1. The maximum atomic E-state index is 13.8. The van der Waals surface area contributed by atoms with Crippen LogP contribution in [-0.4, -0.2) is 75.2 Å². The Morgan fingerprint density at radius 1 is 1.21 bits per heavy atom. The summed E-state index contributed by atoms with van der Waals surface area (Å²) in [5.74, 6) is -1.77. The maximum Gasteiger partial charge on any atom is 0.303 e. The van der Waals surface area contributed by atoms with Gasteiger partial charge in [0.15, 0.2) is 0 Å². The summed E-state index contributed by atoms with van der Waals surface area (Å²) in [4.78, 5) is 42.4. The fourth-order valence-corrected chi connectivity index (χ4v) is 5.87. The molecule has 10 nitrogen and oxygen atoms in total. The summed E-state index contributed by atoms with van der Waals surface area (Å²) in [6, 6.07) is 10.1. The predicted molar refractivity (Wildman–Crippen MR) is 144 cm³/mol. The first kappa shape index (κ1) is 29.1. The molecule has 5 N–H and O–H groups in total. The number of aromatic nitrogens is 1. The lowest BCUT2D eigenvalue weighted by atomic mass is 10.0. The van der Waals surface area contributed by atoms with E-state index in [9.17, 15) is 24.7 Å². The number of carbonyl (C=O) groups is 3. The van der Waals surface area contributed by atoms with Gasteiger partial charge in [-0.2, -0.15) is 0 Å². The third-order valence-corrected chi connectivity index (χ3v) is 8.24. The van der Waals surface area contributed by atoms with Crippen molar-refractivity contribution in [3.05, 3.63) is 63.9 Å². The number of nitrogens with two attached hydrogens (primary N) is 1. The van der Waals surface area contributed by atoms with Gasteiger partial charge >= 0.3 is 5.97 Å². The number of carboxylic acids is 1. The molecule has 2 saturated heterocycles. The number of halogens is 2. The predicted octanol–water partition coefficient (Wildman–Crippen LogP) is 2.00. The normalized spacial score (nSPS) is 22.3. The second kappa shape index (κ2) is 13.0. The van der Waals surface area contributed by atoms with Gasteiger partial charge in [0.2, 0.25) is 18.0 Å². The van der Waals surface area contributed by atoms with Crippen LogP contribution in [0.1, 0.15) is 43.4 Å². The molecule has 4 rings (SSSR count). The van der Waals surface area contributed by atoms with Crippen LogP contribution in [0.5, 0.6) is 0 Å². The molecule has 2 aromatic rings. The molecule has 0 saturated carbocycles. The van der Waals surface area contributed by atoms with Crippen LogP contribution in [0.4, 0.5) is 0 Å². The molecule has 0 spiro atoms. The fourth-order valence-electron chi connectivity index (χ4n) is 5.54. The lowest BCUT2D eigenvalue weighted by Crippen LogP contribution is -2.53. The zero-order chi connectivity index (χ0) is 28.1. The highest BCUT2D eigenvalue weighted by atomic mass is 35.5. The van der Waals surface area contributed by atoms with Crippen LogP contribution in [0, 0.1) is 0 Å². The molecule has 1 unspecified atom stereocenters. The standard InChI is InChI=1S/C27H33Cl2N5O5/c28-21-13-20(34(39)16-22(21)29)14-31-26(37)23(8-9-25(35)36)32-11-10-19(7-6-17-4-2-1-3-5-17)33-15-18(30)12-24(33)27(32)38/h1-5,13,16,18-19,23-24H,6-12,14-15,30H2,(H2-,31,35,36,37,39)/p+1/t18-,19?,23-,24+/m1/s1. The van der Waals surface area contributed by atoms with E-state index in [4.69, 9.17) is 28.9 Å².